The second-order valence-corrected chi connectivity index (χ2v) is 4.84. The van der Waals surface area contributed by atoms with E-state index in [2.05, 4.69) is 61.5 Å². The van der Waals surface area contributed by atoms with Crippen molar-refractivity contribution >= 4 is 0 Å². The monoisotopic (exact) mass is 257 g/mol. The van der Waals surface area contributed by atoms with Crippen LogP contribution in [0.2, 0.25) is 0 Å². The lowest BCUT2D eigenvalue weighted by molar-refractivity contribution is 0.509. The molecule has 0 aliphatic rings. The molecule has 1 aromatic carbocycles. The minimum Gasteiger partial charge on any atom is -0.305 e. The summed E-state index contributed by atoms with van der Waals surface area (Å²) in [6.45, 7) is 8.29. The first-order chi connectivity index (χ1) is 9.24. The third kappa shape index (κ3) is 3.44. The first-order valence-electron chi connectivity index (χ1n) is 7.07. The molecule has 0 bridgehead atoms. The van der Waals surface area contributed by atoms with Crippen LogP contribution in [-0.2, 0) is 19.5 Å². The zero-order valence-corrected chi connectivity index (χ0v) is 12.1. The predicted octanol–water partition coefficient (Wildman–Crippen LogP) is 3.32. The van der Waals surface area contributed by atoms with Crippen LogP contribution in [0.4, 0.5) is 0 Å². The van der Waals surface area contributed by atoms with Crippen LogP contribution in [0, 0.1) is 0 Å². The van der Waals surface area contributed by atoms with Crippen LogP contribution in [0.5, 0.6) is 0 Å². The number of benzene rings is 1. The van der Waals surface area contributed by atoms with Crippen molar-refractivity contribution in [2.75, 3.05) is 0 Å². The van der Waals surface area contributed by atoms with E-state index in [1.807, 2.05) is 10.9 Å². The fourth-order valence-electron chi connectivity index (χ4n) is 2.24. The molecule has 3 heteroatoms. The Morgan fingerprint density at radius 1 is 1.11 bits per heavy atom. The van der Waals surface area contributed by atoms with Crippen molar-refractivity contribution < 1.29 is 0 Å². The molecule has 0 aliphatic heterocycles. The maximum atomic E-state index is 4.31. The Kier molecular flexibility index (Phi) is 4.74. The van der Waals surface area contributed by atoms with Crippen molar-refractivity contribution in [3.63, 3.8) is 0 Å². The van der Waals surface area contributed by atoms with E-state index >= 15 is 0 Å². The molecule has 19 heavy (non-hydrogen) atoms. The molecular weight excluding hydrogens is 234 g/mol. The molecule has 0 aliphatic carbocycles. The number of nitrogens with one attached hydrogen (secondary N) is 1. The van der Waals surface area contributed by atoms with Crippen LogP contribution in [0.25, 0.3) is 0 Å². The highest BCUT2D eigenvalue weighted by molar-refractivity contribution is 5.22. The molecule has 2 rings (SSSR count). The highest BCUT2D eigenvalue weighted by Gasteiger charge is 2.09. The van der Waals surface area contributed by atoms with Crippen molar-refractivity contribution in [3.8, 4) is 0 Å². The van der Waals surface area contributed by atoms with Gasteiger partial charge in [0.25, 0.3) is 0 Å². The number of hydrogen-bond donors (Lipinski definition) is 1. The summed E-state index contributed by atoms with van der Waals surface area (Å²) in [6, 6.07) is 11.2. The van der Waals surface area contributed by atoms with Gasteiger partial charge in [-0.15, -0.1) is 0 Å². The molecule has 1 unspecified atom stereocenters. The zero-order chi connectivity index (χ0) is 13.7. The topological polar surface area (TPSA) is 29.9 Å². The van der Waals surface area contributed by atoms with E-state index in [0.29, 0.717) is 6.04 Å². The predicted molar refractivity (Wildman–Crippen MR) is 79.0 cm³/mol. The summed E-state index contributed by atoms with van der Waals surface area (Å²) in [5.74, 6) is 0. The van der Waals surface area contributed by atoms with E-state index < -0.39 is 0 Å². The van der Waals surface area contributed by atoms with Crippen molar-refractivity contribution in [1.29, 1.82) is 0 Å². The lowest BCUT2D eigenvalue weighted by Gasteiger charge is -2.15. The van der Waals surface area contributed by atoms with Gasteiger partial charge in [0.1, 0.15) is 0 Å². The molecular formula is C16H23N3. The van der Waals surface area contributed by atoms with Gasteiger partial charge in [0.2, 0.25) is 0 Å². The summed E-state index contributed by atoms with van der Waals surface area (Å²) in [5, 5.41) is 7.86. The van der Waals surface area contributed by atoms with Gasteiger partial charge in [0.15, 0.2) is 0 Å². The van der Waals surface area contributed by atoms with Crippen LogP contribution < -0.4 is 5.32 Å². The van der Waals surface area contributed by atoms with Crippen LogP contribution >= 0.6 is 0 Å². The molecule has 0 saturated heterocycles. The summed E-state index contributed by atoms with van der Waals surface area (Å²) in [5.41, 5.74) is 3.96. The van der Waals surface area contributed by atoms with Crippen LogP contribution in [0.1, 0.15) is 43.6 Å². The molecule has 3 nitrogen and oxygen atoms in total. The fraction of sp³-hybridized carbons (Fsp3) is 0.438. The second-order valence-electron chi connectivity index (χ2n) is 4.84. The third-order valence-corrected chi connectivity index (χ3v) is 3.54. The first kappa shape index (κ1) is 13.8. The van der Waals surface area contributed by atoms with E-state index in [1.165, 1.54) is 16.8 Å². The Morgan fingerprint density at radius 2 is 1.79 bits per heavy atom. The number of hydrogen-bond acceptors (Lipinski definition) is 2. The summed E-state index contributed by atoms with van der Waals surface area (Å²) >= 11 is 0. The molecule has 1 N–H and O–H groups in total. The third-order valence-electron chi connectivity index (χ3n) is 3.54. The smallest absolute Gasteiger partial charge is 0.0550 e. The van der Waals surface area contributed by atoms with Gasteiger partial charge in [-0.3, -0.25) is 4.68 Å². The summed E-state index contributed by atoms with van der Waals surface area (Å²) in [7, 11) is 0. The average Bonchev–Trinajstić information content (AvgIpc) is 2.93. The molecule has 1 aromatic heterocycles. The van der Waals surface area contributed by atoms with Crippen LogP contribution in [-0.4, -0.2) is 9.78 Å². The quantitative estimate of drug-likeness (QED) is 0.860. The summed E-state index contributed by atoms with van der Waals surface area (Å²) < 4.78 is 2.04. The Labute approximate surface area is 115 Å². The standard InChI is InChI=1S/C16H23N3/c1-4-14-6-8-15(9-7-14)12-17-13(3)16-10-11-18-19(16)5-2/h6-11,13,17H,4-5,12H2,1-3H3. The van der Waals surface area contributed by atoms with E-state index in [9.17, 15) is 0 Å². The Morgan fingerprint density at radius 3 is 2.42 bits per heavy atom. The second kappa shape index (κ2) is 6.53. The molecule has 0 amide bonds. The van der Waals surface area contributed by atoms with Gasteiger partial charge in [-0.25, -0.2) is 0 Å². The average molecular weight is 257 g/mol. The van der Waals surface area contributed by atoms with E-state index in [1.54, 1.807) is 0 Å². The number of aryl methyl sites for hydroxylation is 2. The van der Waals surface area contributed by atoms with Gasteiger partial charge < -0.3 is 5.32 Å². The van der Waals surface area contributed by atoms with Gasteiger partial charge >= 0.3 is 0 Å². The number of rotatable bonds is 6. The summed E-state index contributed by atoms with van der Waals surface area (Å²) in [6.07, 6.45) is 2.97. The maximum absolute atomic E-state index is 4.31. The highest BCUT2D eigenvalue weighted by atomic mass is 15.3. The Balaban J connectivity index is 1.94. The van der Waals surface area contributed by atoms with Crippen LogP contribution in [0.3, 0.4) is 0 Å². The Bertz CT molecular complexity index is 499. The SMILES string of the molecule is CCc1ccc(CNC(C)c2ccnn2CC)cc1. The lowest BCUT2D eigenvalue weighted by atomic mass is 10.1. The van der Waals surface area contributed by atoms with E-state index in [-0.39, 0.29) is 0 Å². The number of aromatic nitrogens is 2. The maximum Gasteiger partial charge on any atom is 0.0550 e. The van der Waals surface area contributed by atoms with Gasteiger partial charge in [0.05, 0.1) is 5.69 Å². The van der Waals surface area contributed by atoms with E-state index in [0.717, 1.165) is 19.5 Å². The van der Waals surface area contributed by atoms with Gasteiger partial charge in [-0.1, -0.05) is 31.2 Å². The minimum atomic E-state index is 0.313. The van der Waals surface area contributed by atoms with E-state index in [4.69, 9.17) is 0 Å². The molecule has 2 aromatic rings. The Hall–Kier alpha value is -1.61. The molecule has 0 spiro atoms. The molecule has 0 fully saturated rings. The van der Waals surface area contributed by atoms with Crippen LogP contribution in [0.15, 0.2) is 36.5 Å². The van der Waals surface area contributed by atoms with Crippen molar-refractivity contribution in [2.24, 2.45) is 0 Å². The zero-order valence-electron chi connectivity index (χ0n) is 12.1. The molecule has 0 radical (unpaired) electrons. The first-order valence-corrected chi connectivity index (χ1v) is 7.07. The summed E-state index contributed by atoms with van der Waals surface area (Å²) in [4.78, 5) is 0. The molecule has 0 saturated carbocycles. The van der Waals surface area contributed by atoms with Gasteiger partial charge in [-0.2, -0.15) is 5.10 Å². The lowest BCUT2D eigenvalue weighted by Crippen LogP contribution is -2.21. The van der Waals surface area contributed by atoms with Crippen molar-refractivity contribution in [2.45, 2.75) is 46.3 Å². The molecule has 102 valence electrons. The van der Waals surface area contributed by atoms with Gasteiger partial charge in [0, 0.05) is 25.3 Å². The van der Waals surface area contributed by atoms with Crippen molar-refractivity contribution in [1.82, 2.24) is 15.1 Å². The molecule has 1 heterocycles. The highest BCUT2D eigenvalue weighted by Crippen LogP contribution is 2.13. The minimum absolute atomic E-state index is 0.313. The molecule has 1 atom stereocenters. The normalized spacial score (nSPS) is 12.6. The largest absolute Gasteiger partial charge is 0.305 e. The number of nitrogens with zero attached hydrogens (tertiary/aromatic N) is 2. The van der Waals surface area contributed by atoms with Gasteiger partial charge in [-0.05, 0) is 37.5 Å². The fourth-order valence-corrected chi connectivity index (χ4v) is 2.24. The van der Waals surface area contributed by atoms with Crippen molar-refractivity contribution in [3.05, 3.63) is 53.3 Å².